The molecule has 9 heavy (non-hydrogen) atoms. The summed E-state index contributed by atoms with van der Waals surface area (Å²) in [7, 11) is 0. The van der Waals surface area contributed by atoms with Crippen LogP contribution >= 0.6 is 0 Å². The van der Waals surface area contributed by atoms with E-state index in [1.165, 1.54) is 0 Å². The third-order valence-electron chi connectivity index (χ3n) is 0.680. The van der Waals surface area contributed by atoms with Crippen LogP contribution < -0.4 is 5.32 Å². The Morgan fingerprint density at radius 3 is 3.00 bits per heavy atom. The maximum atomic E-state index is 8.70. The fourth-order valence-corrected chi connectivity index (χ4v) is 0.350. The van der Waals surface area contributed by atoms with Crippen LogP contribution in [0.25, 0.3) is 0 Å². The second-order valence-corrected chi connectivity index (χ2v) is 1.35. The van der Waals surface area contributed by atoms with Gasteiger partial charge >= 0.3 is 0 Å². The zero-order valence-electron chi connectivity index (χ0n) is 5.29. The zero-order chi connectivity index (χ0) is 7.11. The number of aliphatic hydroxyl groups excluding tert-OH is 1. The molecule has 0 rings (SSSR count). The van der Waals surface area contributed by atoms with E-state index in [0.717, 1.165) is 0 Å². The Kier molecular flexibility index (Phi) is 5.12. The quantitative estimate of drug-likeness (QED) is 0.394. The highest BCUT2D eigenvalue weighted by Gasteiger charge is 1.97. The van der Waals surface area contributed by atoms with Crippen LogP contribution in [-0.2, 0) is 4.74 Å². The molecule has 0 amide bonds. The highest BCUT2D eigenvalue weighted by molar-refractivity contribution is 4.71. The molecule has 52 valence electrons. The van der Waals surface area contributed by atoms with Gasteiger partial charge in [0.15, 0.2) is 0 Å². The first-order valence-corrected chi connectivity index (χ1v) is 2.71. The SMILES string of the molecule is CCOC(O)NCC#N. The van der Waals surface area contributed by atoms with E-state index in [1.54, 1.807) is 13.0 Å². The molecule has 0 aromatic rings. The number of nitriles is 1. The number of rotatable bonds is 4. The summed E-state index contributed by atoms with van der Waals surface area (Å²) in [5, 5.41) is 19.1. The van der Waals surface area contributed by atoms with Crippen molar-refractivity contribution in [3.05, 3.63) is 0 Å². The van der Waals surface area contributed by atoms with E-state index in [1.807, 2.05) is 0 Å². The summed E-state index contributed by atoms with van der Waals surface area (Å²) in [6.45, 7) is 2.29. The van der Waals surface area contributed by atoms with E-state index in [-0.39, 0.29) is 6.54 Å². The number of ether oxygens (including phenoxy) is 1. The number of nitrogens with zero attached hydrogens (tertiary/aromatic N) is 1. The fraction of sp³-hybridized carbons (Fsp3) is 0.800. The fourth-order valence-electron chi connectivity index (χ4n) is 0.350. The van der Waals surface area contributed by atoms with Crippen molar-refractivity contribution in [1.82, 2.24) is 5.32 Å². The van der Waals surface area contributed by atoms with Crippen LogP contribution in [0.4, 0.5) is 0 Å². The van der Waals surface area contributed by atoms with Crippen LogP contribution in [0.1, 0.15) is 6.92 Å². The number of hydrogen-bond acceptors (Lipinski definition) is 4. The maximum absolute atomic E-state index is 8.70. The largest absolute Gasteiger partial charge is 0.356 e. The molecule has 0 aromatic heterocycles. The minimum Gasteiger partial charge on any atom is -0.356 e. The standard InChI is InChI=1S/C5H10N2O2/c1-2-9-5(8)7-4-3-6/h5,7-8H,2,4H2,1H3. The average Bonchev–Trinajstić information content (AvgIpc) is 1.85. The van der Waals surface area contributed by atoms with Crippen LogP contribution in [0.5, 0.6) is 0 Å². The van der Waals surface area contributed by atoms with Crippen molar-refractivity contribution < 1.29 is 9.84 Å². The van der Waals surface area contributed by atoms with Gasteiger partial charge in [0.05, 0.1) is 12.6 Å². The molecule has 0 radical (unpaired) electrons. The minimum atomic E-state index is -1.00. The Bertz CT molecular complexity index is 99.6. The van der Waals surface area contributed by atoms with E-state index in [4.69, 9.17) is 10.4 Å². The first kappa shape index (κ1) is 8.37. The molecule has 2 N–H and O–H groups in total. The van der Waals surface area contributed by atoms with Gasteiger partial charge in [0.1, 0.15) is 0 Å². The second-order valence-electron chi connectivity index (χ2n) is 1.35. The normalized spacial score (nSPS) is 12.6. The van der Waals surface area contributed by atoms with E-state index < -0.39 is 6.41 Å². The van der Waals surface area contributed by atoms with Crippen LogP contribution in [0.3, 0.4) is 0 Å². The third kappa shape index (κ3) is 5.24. The lowest BCUT2D eigenvalue weighted by Gasteiger charge is -2.08. The molecular formula is C5H10N2O2. The van der Waals surface area contributed by atoms with Crippen LogP contribution in [0.15, 0.2) is 0 Å². The van der Waals surface area contributed by atoms with Gasteiger partial charge in [-0.3, -0.25) is 5.32 Å². The first-order valence-electron chi connectivity index (χ1n) is 2.71. The lowest BCUT2D eigenvalue weighted by atomic mass is 10.7. The topological polar surface area (TPSA) is 65.3 Å². The molecular weight excluding hydrogens is 120 g/mol. The van der Waals surface area contributed by atoms with E-state index >= 15 is 0 Å². The van der Waals surface area contributed by atoms with Gasteiger partial charge in [-0.25, -0.2) is 0 Å². The van der Waals surface area contributed by atoms with Gasteiger partial charge in [0.2, 0.25) is 6.41 Å². The number of nitrogens with one attached hydrogen (secondary N) is 1. The molecule has 4 nitrogen and oxygen atoms in total. The average molecular weight is 130 g/mol. The molecule has 0 bridgehead atoms. The molecule has 0 saturated carbocycles. The van der Waals surface area contributed by atoms with Crippen molar-refractivity contribution >= 4 is 0 Å². The van der Waals surface area contributed by atoms with Crippen molar-refractivity contribution in [2.24, 2.45) is 0 Å². The molecule has 0 spiro atoms. The molecule has 0 aromatic carbocycles. The molecule has 0 saturated heterocycles. The monoisotopic (exact) mass is 130 g/mol. The summed E-state index contributed by atoms with van der Waals surface area (Å²) in [4.78, 5) is 0. The van der Waals surface area contributed by atoms with Crippen LogP contribution in [-0.4, -0.2) is 24.7 Å². The van der Waals surface area contributed by atoms with Crippen molar-refractivity contribution in [1.29, 1.82) is 5.26 Å². The summed E-state index contributed by atoms with van der Waals surface area (Å²) in [5.41, 5.74) is 0. The predicted octanol–water partition coefficient (Wildman–Crippen LogP) is -0.588. The summed E-state index contributed by atoms with van der Waals surface area (Å²) in [5.74, 6) is 0. The molecule has 0 aliphatic carbocycles. The second kappa shape index (κ2) is 5.51. The molecule has 0 aliphatic rings. The Balaban J connectivity index is 3.07. The summed E-state index contributed by atoms with van der Waals surface area (Å²) >= 11 is 0. The Hall–Kier alpha value is -0.630. The Labute approximate surface area is 54.0 Å². The van der Waals surface area contributed by atoms with E-state index in [0.29, 0.717) is 6.61 Å². The highest BCUT2D eigenvalue weighted by Crippen LogP contribution is 1.77. The summed E-state index contributed by atoms with van der Waals surface area (Å²) in [6, 6.07) is 1.81. The smallest absolute Gasteiger partial charge is 0.214 e. The summed E-state index contributed by atoms with van der Waals surface area (Å²) < 4.78 is 4.64. The van der Waals surface area contributed by atoms with Gasteiger partial charge in [-0.1, -0.05) is 0 Å². The number of aliphatic hydroxyl groups is 1. The lowest BCUT2D eigenvalue weighted by Crippen LogP contribution is -2.31. The van der Waals surface area contributed by atoms with Crippen LogP contribution in [0, 0.1) is 11.3 Å². The predicted molar refractivity (Wildman–Crippen MR) is 31.2 cm³/mol. The van der Waals surface area contributed by atoms with Gasteiger partial charge in [0.25, 0.3) is 0 Å². The summed E-state index contributed by atoms with van der Waals surface area (Å²) in [6.07, 6.45) is -1.00. The van der Waals surface area contributed by atoms with Gasteiger partial charge in [0, 0.05) is 6.61 Å². The highest BCUT2D eigenvalue weighted by atomic mass is 16.6. The Morgan fingerprint density at radius 1 is 1.89 bits per heavy atom. The van der Waals surface area contributed by atoms with Gasteiger partial charge in [-0.15, -0.1) is 0 Å². The lowest BCUT2D eigenvalue weighted by molar-refractivity contribution is -0.113. The first-order chi connectivity index (χ1) is 4.31. The molecule has 1 atom stereocenters. The van der Waals surface area contributed by atoms with Crippen molar-refractivity contribution in [2.45, 2.75) is 13.3 Å². The third-order valence-corrected chi connectivity index (χ3v) is 0.680. The van der Waals surface area contributed by atoms with Crippen LogP contribution in [0.2, 0.25) is 0 Å². The van der Waals surface area contributed by atoms with E-state index in [9.17, 15) is 0 Å². The molecule has 0 heterocycles. The van der Waals surface area contributed by atoms with Gasteiger partial charge in [-0.05, 0) is 6.92 Å². The molecule has 1 unspecified atom stereocenters. The molecule has 4 heteroatoms. The zero-order valence-corrected chi connectivity index (χ0v) is 5.29. The van der Waals surface area contributed by atoms with Crippen molar-refractivity contribution in [3.8, 4) is 6.07 Å². The maximum Gasteiger partial charge on any atom is 0.214 e. The molecule has 0 aliphatic heterocycles. The van der Waals surface area contributed by atoms with E-state index in [2.05, 4.69) is 10.1 Å². The number of hydrogen-bond donors (Lipinski definition) is 2. The van der Waals surface area contributed by atoms with Crippen molar-refractivity contribution in [2.75, 3.05) is 13.2 Å². The molecule has 0 fully saturated rings. The van der Waals surface area contributed by atoms with Gasteiger partial charge < -0.3 is 9.84 Å². The van der Waals surface area contributed by atoms with Gasteiger partial charge in [-0.2, -0.15) is 5.26 Å². The Morgan fingerprint density at radius 2 is 2.56 bits per heavy atom. The minimum absolute atomic E-state index is 0.0984. The van der Waals surface area contributed by atoms with Crippen molar-refractivity contribution in [3.63, 3.8) is 0 Å².